The summed E-state index contributed by atoms with van der Waals surface area (Å²) in [7, 11) is 1.31. The molecular weight excluding hydrogens is 701 g/mol. The lowest BCUT2D eigenvalue weighted by Crippen LogP contribution is -2.53. The van der Waals surface area contributed by atoms with Gasteiger partial charge in [0.1, 0.15) is 6.04 Å². The standard InChI is InChI=1S/C46H52N6O4/c1-27(2)43(51-46(55)56-4)45(54)52-18-6-8-40(52)38-22-36(26-48-38)37-16-15-32(19-28(37)3)30-9-11-31(12-10-30)35-21-39(49-25-35)41-33-13-14-34(20-33)42(41)44(53)50-24-29-7-5-17-47-23-29/h5,7,9-12,15-17,19,23,25-27,33-34,40-43H,6,8,13-14,18,20-22,24H2,1-4H3,(H,50,53)(H,51,55)/t33?,34?,40-,41-,42+,43-/m0/s1. The summed E-state index contributed by atoms with van der Waals surface area (Å²) in [6, 6.07) is 18.6. The van der Waals surface area contributed by atoms with Crippen molar-refractivity contribution in [2.45, 2.75) is 84.3 Å². The van der Waals surface area contributed by atoms with E-state index >= 15 is 0 Å². The Bertz CT molecular complexity index is 2120. The molecule has 1 aromatic heterocycles. The molecule has 3 aromatic rings. The van der Waals surface area contributed by atoms with Crippen LogP contribution in [0.2, 0.25) is 0 Å². The van der Waals surface area contributed by atoms with Gasteiger partial charge in [-0.05, 0) is 107 Å². The van der Waals surface area contributed by atoms with Gasteiger partial charge in [0.05, 0.1) is 13.2 Å². The van der Waals surface area contributed by atoms with Crippen LogP contribution in [0, 0.1) is 36.5 Å². The number of amides is 3. The van der Waals surface area contributed by atoms with Crippen molar-refractivity contribution in [3.05, 3.63) is 102 Å². The van der Waals surface area contributed by atoms with Crippen molar-refractivity contribution in [1.82, 2.24) is 20.5 Å². The summed E-state index contributed by atoms with van der Waals surface area (Å²) >= 11 is 0. The van der Waals surface area contributed by atoms with E-state index in [4.69, 9.17) is 14.7 Å². The van der Waals surface area contributed by atoms with Gasteiger partial charge in [0.15, 0.2) is 0 Å². The van der Waals surface area contributed by atoms with E-state index < -0.39 is 12.1 Å². The van der Waals surface area contributed by atoms with E-state index in [0.29, 0.717) is 31.3 Å². The maximum atomic E-state index is 13.6. The van der Waals surface area contributed by atoms with Gasteiger partial charge >= 0.3 is 6.09 Å². The predicted molar refractivity (Wildman–Crippen MR) is 219 cm³/mol. The van der Waals surface area contributed by atoms with Gasteiger partial charge in [-0.1, -0.05) is 62.4 Å². The molecule has 4 heterocycles. The number of aryl methyl sites for hydroxylation is 1. The summed E-state index contributed by atoms with van der Waals surface area (Å²) < 4.78 is 4.79. The quantitative estimate of drug-likeness (QED) is 0.207. The van der Waals surface area contributed by atoms with Gasteiger partial charge in [0.2, 0.25) is 11.8 Å². The van der Waals surface area contributed by atoms with Crippen molar-refractivity contribution in [2.24, 2.45) is 39.6 Å². The molecule has 6 atom stereocenters. The van der Waals surface area contributed by atoms with Crippen LogP contribution in [0.15, 0.2) is 89.4 Å². The Hall–Kier alpha value is -5.38. The molecule has 2 saturated carbocycles. The van der Waals surface area contributed by atoms with Gasteiger partial charge in [0.25, 0.3) is 0 Å². The van der Waals surface area contributed by atoms with Crippen molar-refractivity contribution >= 4 is 40.5 Å². The molecule has 3 fully saturated rings. The number of nitrogens with one attached hydrogen (secondary N) is 2. The third-order valence-electron chi connectivity index (χ3n) is 12.8. The lowest BCUT2D eigenvalue weighted by atomic mass is 9.75. The SMILES string of the molecule is COC(=O)N[C@H](C(=O)N1CCC[C@H]1C1=NC=C(c2ccc(-c3ccc(C4=CN=C([C@@H]5C6CCC(C6)[C@H]5C(=O)NCc5cccnc5)C4)cc3)cc2C)C1)C(C)C. The van der Waals surface area contributed by atoms with Gasteiger partial charge in [0, 0.05) is 74.0 Å². The van der Waals surface area contributed by atoms with Crippen LogP contribution in [0.5, 0.6) is 0 Å². The molecule has 0 radical (unpaired) electrons. The zero-order valence-electron chi connectivity index (χ0n) is 32.8. The Morgan fingerprint density at radius 1 is 0.893 bits per heavy atom. The minimum Gasteiger partial charge on any atom is -0.453 e. The number of nitrogens with zero attached hydrogens (tertiary/aromatic N) is 4. The molecule has 1 saturated heterocycles. The number of allylic oxidation sites excluding steroid dienone is 2. The van der Waals surface area contributed by atoms with E-state index in [1.54, 1.807) is 6.20 Å². The Labute approximate surface area is 329 Å². The largest absolute Gasteiger partial charge is 0.453 e. The van der Waals surface area contributed by atoms with Crippen LogP contribution in [-0.4, -0.2) is 65.0 Å². The number of ether oxygens (including phenoxy) is 1. The number of aromatic nitrogens is 1. The van der Waals surface area contributed by atoms with Gasteiger partial charge in [-0.3, -0.25) is 24.6 Å². The third kappa shape index (κ3) is 7.45. The van der Waals surface area contributed by atoms with Gasteiger partial charge in [-0.25, -0.2) is 4.79 Å². The number of pyridine rings is 1. The van der Waals surface area contributed by atoms with Crippen molar-refractivity contribution in [1.29, 1.82) is 0 Å². The number of fused-ring (bicyclic) bond motifs is 2. The van der Waals surface area contributed by atoms with Crippen LogP contribution in [0.3, 0.4) is 0 Å². The second kappa shape index (κ2) is 16.0. The Morgan fingerprint density at radius 3 is 2.38 bits per heavy atom. The van der Waals surface area contributed by atoms with E-state index in [9.17, 15) is 14.4 Å². The Kier molecular flexibility index (Phi) is 10.7. The molecular formula is C46H52N6O4. The smallest absolute Gasteiger partial charge is 0.407 e. The number of likely N-dealkylation sites (tertiary alicyclic amines) is 1. The first-order chi connectivity index (χ1) is 27.2. The minimum absolute atomic E-state index is 0.00965. The molecule has 2 aromatic carbocycles. The summed E-state index contributed by atoms with van der Waals surface area (Å²) in [6.07, 6.45) is 13.6. The molecule has 2 aliphatic carbocycles. The topological polar surface area (TPSA) is 125 Å². The third-order valence-corrected chi connectivity index (χ3v) is 12.8. The zero-order valence-corrected chi connectivity index (χ0v) is 32.8. The van der Waals surface area contributed by atoms with Gasteiger partial charge in [-0.2, -0.15) is 0 Å². The second-order valence-corrected chi connectivity index (χ2v) is 16.5. The van der Waals surface area contributed by atoms with E-state index in [-0.39, 0.29) is 35.6 Å². The first kappa shape index (κ1) is 37.5. The molecule has 3 aliphatic heterocycles. The molecule has 2 bridgehead atoms. The van der Waals surface area contributed by atoms with Crippen molar-refractivity contribution in [2.75, 3.05) is 13.7 Å². The molecule has 290 valence electrons. The number of benzene rings is 2. The van der Waals surface area contributed by atoms with Crippen LogP contribution in [0.4, 0.5) is 4.79 Å². The fourth-order valence-corrected chi connectivity index (χ4v) is 9.94. The number of rotatable bonds is 11. The number of alkyl carbamates (subject to hydrolysis) is 1. The number of aliphatic imine (C=N–C) groups is 2. The molecule has 3 amide bonds. The van der Waals surface area contributed by atoms with Crippen LogP contribution in [0.25, 0.3) is 22.3 Å². The van der Waals surface area contributed by atoms with Crippen LogP contribution in [0.1, 0.15) is 81.0 Å². The summed E-state index contributed by atoms with van der Waals surface area (Å²) in [4.78, 5) is 55.1. The molecule has 0 spiro atoms. The van der Waals surface area contributed by atoms with E-state index in [1.807, 2.05) is 49.5 Å². The summed E-state index contributed by atoms with van der Waals surface area (Å²) in [6.45, 7) is 7.16. The molecule has 2 unspecified atom stereocenters. The summed E-state index contributed by atoms with van der Waals surface area (Å²) in [5.74, 6) is 1.17. The van der Waals surface area contributed by atoms with Crippen LogP contribution >= 0.6 is 0 Å². The van der Waals surface area contributed by atoms with Crippen LogP contribution in [-0.2, 0) is 20.9 Å². The molecule has 56 heavy (non-hydrogen) atoms. The maximum Gasteiger partial charge on any atom is 0.407 e. The fraction of sp³-hybridized carbons (Fsp3) is 0.435. The van der Waals surface area contributed by atoms with Crippen molar-refractivity contribution in [3.63, 3.8) is 0 Å². The Morgan fingerprint density at radius 2 is 1.62 bits per heavy atom. The Balaban J connectivity index is 0.881. The molecule has 10 heteroatoms. The van der Waals surface area contributed by atoms with Gasteiger partial charge < -0.3 is 20.3 Å². The maximum absolute atomic E-state index is 13.6. The highest BCUT2D eigenvalue weighted by atomic mass is 16.5. The predicted octanol–water partition coefficient (Wildman–Crippen LogP) is 7.78. The lowest BCUT2D eigenvalue weighted by Gasteiger charge is -2.31. The minimum atomic E-state index is -0.648. The number of carbonyl (C=O) groups excluding carboxylic acids is 3. The molecule has 10 nitrogen and oxygen atoms in total. The monoisotopic (exact) mass is 752 g/mol. The molecule has 5 aliphatic rings. The van der Waals surface area contributed by atoms with E-state index in [1.165, 1.54) is 35.9 Å². The average Bonchev–Trinajstić information content (AvgIpc) is 4.07. The molecule has 8 rings (SSSR count). The second-order valence-electron chi connectivity index (χ2n) is 16.5. The van der Waals surface area contributed by atoms with Crippen molar-refractivity contribution in [3.8, 4) is 11.1 Å². The lowest BCUT2D eigenvalue weighted by molar-refractivity contribution is -0.134. The summed E-state index contributed by atoms with van der Waals surface area (Å²) in [5, 5.41) is 5.95. The van der Waals surface area contributed by atoms with Crippen LogP contribution < -0.4 is 10.6 Å². The number of hydrogen-bond acceptors (Lipinski definition) is 7. The normalized spacial score (nSPS) is 24.4. The molecule has 2 N–H and O–H groups in total. The van der Waals surface area contributed by atoms with E-state index in [0.717, 1.165) is 65.6 Å². The first-order valence-electron chi connectivity index (χ1n) is 20.2. The number of carbonyl (C=O) groups is 3. The highest BCUT2D eigenvalue weighted by Gasteiger charge is 2.52. The van der Waals surface area contributed by atoms with Gasteiger partial charge in [-0.15, -0.1) is 0 Å². The average molecular weight is 753 g/mol. The highest BCUT2D eigenvalue weighted by Crippen LogP contribution is 2.54. The number of methoxy groups -OCH3 is 1. The van der Waals surface area contributed by atoms with Crippen molar-refractivity contribution < 1.29 is 19.1 Å². The zero-order chi connectivity index (χ0) is 38.9. The summed E-state index contributed by atoms with van der Waals surface area (Å²) in [5.41, 5.74) is 11.4. The first-order valence-corrected chi connectivity index (χ1v) is 20.2. The van der Waals surface area contributed by atoms with E-state index in [2.05, 4.69) is 65.0 Å². The highest BCUT2D eigenvalue weighted by molar-refractivity contribution is 6.04. The number of hydrogen-bond donors (Lipinski definition) is 2. The fourth-order valence-electron chi connectivity index (χ4n) is 9.94.